The topological polar surface area (TPSA) is 50.1 Å². The van der Waals surface area contributed by atoms with Gasteiger partial charge in [0.1, 0.15) is 0 Å². The second-order valence-corrected chi connectivity index (χ2v) is 7.88. The van der Waals surface area contributed by atoms with Crippen LogP contribution in [0.4, 0.5) is 0 Å². The fraction of sp³-hybridized carbons (Fsp3) is 0.550. The van der Waals surface area contributed by atoms with Crippen molar-refractivity contribution in [2.75, 3.05) is 32.7 Å². The van der Waals surface area contributed by atoms with Gasteiger partial charge in [0.05, 0.1) is 12.1 Å². The molecule has 1 saturated heterocycles. The summed E-state index contributed by atoms with van der Waals surface area (Å²) >= 11 is 6.62. The van der Waals surface area contributed by atoms with E-state index in [1.807, 2.05) is 24.3 Å². The van der Waals surface area contributed by atoms with Crippen LogP contribution in [-0.2, 0) is 0 Å². The number of rotatable bonds is 6. The number of aromatic nitrogens is 4. The van der Waals surface area contributed by atoms with Gasteiger partial charge in [-0.1, -0.05) is 48.7 Å². The molecule has 0 amide bonds. The highest BCUT2D eigenvalue weighted by Gasteiger charge is 2.33. The first-order valence-electron chi connectivity index (χ1n) is 9.87. The molecule has 0 N–H and O–H groups in total. The summed E-state index contributed by atoms with van der Waals surface area (Å²) in [7, 11) is 0. The minimum atomic E-state index is -0.0137. The van der Waals surface area contributed by atoms with Crippen LogP contribution in [0.15, 0.2) is 36.9 Å². The third kappa shape index (κ3) is 3.93. The third-order valence-corrected chi connectivity index (χ3v) is 6.14. The maximum atomic E-state index is 6.62. The van der Waals surface area contributed by atoms with Crippen molar-refractivity contribution in [2.45, 2.75) is 37.8 Å². The zero-order valence-electron chi connectivity index (χ0n) is 15.7. The summed E-state index contributed by atoms with van der Waals surface area (Å²) in [4.78, 5) is 4.89. The number of halogens is 1. The highest BCUT2D eigenvalue weighted by molar-refractivity contribution is 6.31. The summed E-state index contributed by atoms with van der Waals surface area (Å²) < 4.78 is 2.07. The van der Waals surface area contributed by atoms with Gasteiger partial charge in [-0.2, -0.15) is 0 Å². The first-order chi connectivity index (χ1) is 13.3. The van der Waals surface area contributed by atoms with Crippen LogP contribution in [-0.4, -0.2) is 62.7 Å². The Kier molecular flexibility index (Phi) is 5.86. The van der Waals surface area contributed by atoms with Gasteiger partial charge in [0, 0.05) is 37.7 Å². The smallest absolute Gasteiger partial charge is 0.173 e. The average molecular weight is 387 g/mol. The Labute approximate surface area is 165 Å². The zero-order chi connectivity index (χ0) is 18.6. The van der Waals surface area contributed by atoms with Gasteiger partial charge in [0.2, 0.25) is 0 Å². The molecule has 1 aromatic heterocycles. The minimum Gasteiger partial charge on any atom is -0.297 e. The lowest BCUT2D eigenvalue weighted by Crippen LogP contribution is -2.48. The molecule has 1 aliphatic carbocycles. The van der Waals surface area contributed by atoms with E-state index in [-0.39, 0.29) is 6.04 Å². The minimum absolute atomic E-state index is 0.0137. The first-order valence-corrected chi connectivity index (χ1v) is 10.2. The van der Waals surface area contributed by atoms with Crippen LogP contribution >= 0.6 is 11.6 Å². The third-order valence-electron chi connectivity index (χ3n) is 5.79. The van der Waals surface area contributed by atoms with Crippen LogP contribution < -0.4 is 0 Å². The Balaban J connectivity index is 1.67. The predicted molar refractivity (Wildman–Crippen MR) is 107 cm³/mol. The second kappa shape index (κ2) is 8.50. The van der Waals surface area contributed by atoms with Gasteiger partial charge in [-0.25, -0.2) is 4.68 Å². The lowest BCUT2D eigenvalue weighted by molar-refractivity contribution is 0.111. The molecule has 4 rings (SSSR count). The van der Waals surface area contributed by atoms with Crippen LogP contribution in [0.2, 0.25) is 5.02 Å². The monoisotopic (exact) mass is 386 g/mol. The van der Waals surface area contributed by atoms with Crippen molar-refractivity contribution >= 4 is 11.6 Å². The van der Waals surface area contributed by atoms with Crippen molar-refractivity contribution in [3.05, 3.63) is 53.3 Å². The molecule has 0 bridgehead atoms. The Morgan fingerprint density at radius 2 is 1.89 bits per heavy atom. The highest BCUT2D eigenvalue weighted by Crippen LogP contribution is 2.36. The molecule has 1 aliphatic heterocycles. The van der Waals surface area contributed by atoms with Crippen molar-refractivity contribution in [3.63, 3.8) is 0 Å². The second-order valence-electron chi connectivity index (χ2n) is 7.47. The number of nitrogens with zero attached hydrogens (tertiary/aromatic N) is 6. The normalized spacial score (nSPS) is 20.8. The van der Waals surface area contributed by atoms with Gasteiger partial charge in [0.15, 0.2) is 5.82 Å². The number of piperazine rings is 1. The van der Waals surface area contributed by atoms with Gasteiger partial charge in [-0.15, -0.1) is 11.7 Å². The Hall–Kier alpha value is -1.76. The molecule has 2 aromatic rings. The number of hydrogen-bond acceptors (Lipinski definition) is 5. The largest absolute Gasteiger partial charge is 0.297 e. The van der Waals surface area contributed by atoms with Crippen LogP contribution in [0.1, 0.15) is 49.2 Å². The average Bonchev–Trinajstić information content (AvgIpc) is 3.37. The molecule has 7 heteroatoms. The summed E-state index contributed by atoms with van der Waals surface area (Å²) in [6.07, 6.45) is 6.78. The van der Waals surface area contributed by atoms with E-state index in [1.165, 1.54) is 12.8 Å². The van der Waals surface area contributed by atoms with E-state index in [4.69, 9.17) is 11.6 Å². The van der Waals surface area contributed by atoms with Crippen molar-refractivity contribution in [1.82, 2.24) is 30.0 Å². The summed E-state index contributed by atoms with van der Waals surface area (Å²) in [5.74, 6) is 0.923. The molecule has 2 fully saturated rings. The van der Waals surface area contributed by atoms with Gasteiger partial charge >= 0.3 is 0 Å². The Morgan fingerprint density at radius 1 is 1.15 bits per heavy atom. The van der Waals surface area contributed by atoms with E-state index in [0.717, 1.165) is 62.0 Å². The fourth-order valence-electron chi connectivity index (χ4n) is 4.37. The van der Waals surface area contributed by atoms with Crippen molar-refractivity contribution in [2.24, 2.45) is 0 Å². The van der Waals surface area contributed by atoms with Crippen LogP contribution in [0.25, 0.3) is 0 Å². The van der Waals surface area contributed by atoms with Crippen molar-refractivity contribution in [3.8, 4) is 0 Å². The van der Waals surface area contributed by atoms with Gasteiger partial charge in [-0.05, 0) is 34.9 Å². The highest BCUT2D eigenvalue weighted by atomic mass is 35.5. The maximum Gasteiger partial charge on any atom is 0.173 e. The van der Waals surface area contributed by atoms with Crippen LogP contribution in [0.5, 0.6) is 0 Å². The molecule has 0 radical (unpaired) electrons. The predicted octanol–water partition coefficient (Wildman–Crippen LogP) is 3.33. The van der Waals surface area contributed by atoms with E-state index in [1.54, 1.807) is 0 Å². The molecule has 1 atom stereocenters. The lowest BCUT2D eigenvalue weighted by Gasteiger charge is -2.39. The molecule has 27 heavy (non-hydrogen) atoms. The molecule has 144 valence electrons. The molecule has 0 spiro atoms. The fourth-order valence-corrected chi connectivity index (χ4v) is 4.61. The first kappa shape index (κ1) is 18.6. The molecule has 0 unspecified atom stereocenters. The summed E-state index contributed by atoms with van der Waals surface area (Å²) in [5, 5.41) is 13.7. The van der Waals surface area contributed by atoms with E-state index >= 15 is 0 Å². The Morgan fingerprint density at radius 3 is 2.59 bits per heavy atom. The van der Waals surface area contributed by atoms with Crippen LogP contribution in [0, 0.1) is 0 Å². The number of benzene rings is 1. The van der Waals surface area contributed by atoms with Gasteiger partial charge in [0.25, 0.3) is 0 Å². The zero-order valence-corrected chi connectivity index (χ0v) is 16.4. The quantitative estimate of drug-likeness (QED) is 0.712. The van der Waals surface area contributed by atoms with E-state index in [9.17, 15) is 0 Å². The van der Waals surface area contributed by atoms with Crippen molar-refractivity contribution < 1.29 is 0 Å². The molecular weight excluding hydrogens is 360 g/mol. The summed E-state index contributed by atoms with van der Waals surface area (Å²) in [5.41, 5.74) is 1.09. The standard InChI is InChI=1S/C20H27ClN6/c1-2-11-25-12-14-26(15-13-25)19(17-9-5-6-10-18(17)21)20-22-23-24-27(20)16-7-3-4-8-16/h2,5-6,9-10,16,19H,1,3-4,7-8,11-15H2/t19-/m0/s1. The maximum absolute atomic E-state index is 6.62. The van der Waals surface area contributed by atoms with E-state index in [2.05, 4.69) is 42.7 Å². The molecule has 2 heterocycles. The van der Waals surface area contributed by atoms with E-state index in [0.29, 0.717) is 6.04 Å². The summed E-state index contributed by atoms with van der Waals surface area (Å²) in [6.45, 7) is 8.74. The van der Waals surface area contributed by atoms with E-state index < -0.39 is 0 Å². The number of hydrogen-bond donors (Lipinski definition) is 0. The molecular formula is C20H27ClN6. The molecule has 6 nitrogen and oxygen atoms in total. The molecule has 1 aromatic carbocycles. The molecule has 2 aliphatic rings. The van der Waals surface area contributed by atoms with Gasteiger partial charge < -0.3 is 0 Å². The Bertz CT molecular complexity index is 761. The SMILES string of the molecule is C=CCN1CCN([C@@H](c2ccccc2Cl)c2nnnn2C2CCCC2)CC1. The summed E-state index contributed by atoms with van der Waals surface area (Å²) in [6, 6.07) is 8.48. The van der Waals surface area contributed by atoms with Crippen molar-refractivity contribution in [1.29, 1.82) is 0 Å². The molecule has 1 saturated carbocycles. The number of tetrazole rings is 1. The van der Waals surface area contributed by atoms with Crippen LogP contribution in [0.3, 0.4) is 0 Å². The lowest BCUT2D eigenvalue weighted by atomic mass is 10.0. The van der Waals surface area contributed by atoms with Gasteiger partial charge in [-0.3, -0.25) is 9.80 Å².